The van der Waals surface area contributed by atoms with Gasteiger partial charge in [0, 0.05) is 11.9 Å². The topological polar surface area (TPSA) is 71.9 Å². The Labute approximate surface area is 145 Å². The van der Waals surface area contributed by atoms with E-state index in [1.165, 1.54) is 11.3 Å². The van der Waals surface area contributed by atoms with Gasteiger partial charge in [0.2, 0.25) is 0 Å². The van der Waals surface area contributed by atoms with E-state index in [-0.39, 0.29) is 6.54 Å². The largest absolute Gasteiger partial charge is 0.493 e. The molecule has 0 aliphatic carbocycles. The predicted molar refractivity (Wildman–Crippen MR) is 93.9 cm³/mol. The fraction of sp³-hybridized carbons (Fsp3) is 0.412. The summed E-state index contributed by atoms with van der Waals surface area (Å²) in [5, 5.41) is 11.8. The minimum Gasteiger partial charge on any atom is -0.493 e. The quantitative estimate of drug-likeness (QED) is 0.749. The zero-order valence-corrected chi connectivity index (χ0v) is 14.9. The lowest BCUT2D eigenvalue weighted by Crippen LogP contribution is -2.30. The van der Waals surface area contributed by atoms with Crippen LogP contribution in [0.4, 0.5) is 0 Å². The Kier molecular flexibility index (Phi) is 6.57. The molecular formula is C17H22N2O4S. The standard InChI is InChI=1S/C17H22N2O4S/c1-4-8-19(10-15(20)21)9-12-11-24-17(18-12)13-6-5-7-14(22-2)16(13)23-3/h5-7,11H,4,8-10H2,1-3H3,(H,20,21). The number of hydrogen-bond acceptors (Lipinski definition) is 6. The lowest BCUT2D eigenvalue weighted by Gasteiger charge is -2.17. The smallest absolute Gasteiger partial charge is 0.317 e. The van der Waals surface area contributed by atoms with Gasteiger partial charge in [-0.2, -0.15) is 0 Å². The van der Waals surface area contributed by atoms with Crippen LogP contribution in [0.5, 0.6) is 11.5 Å². The van der Waals surface area contributed by atoms with Crippen molar-refractivity contribution in [3.8, 4) is 22.1 Å². The van der Waals surface area contributed by atoms with Gasteiger partial charge in [0.05, 0.1) is 32.0 Å². The number of ether oxygens (including phenoxy) is 2. The lowest BCUT2D eigenvalue weighted by atomic mass is 10.2. The van der Waals surface area contributed by atoms with E-state index >= 15 is 0 Å². The molecule has 130 valence electrons. The second-order valence-electron chi connectivity index (χ2n) is 5.29. The molecule has 2 aromatic rings. The molecule has 0 saturated carbocycles. The van der Waals surface area contributed by atoms with Gasteiger partial charge in [-0.1, -0.05) is 13.0 Å². The van der Waals surface area contributed by atoms with Crippen molar-refractivity contribution in [3.05, 3.63) is 29.3 Å². The Morgan fingerprint density at radius 3 is 2.75 bits per heavy atom. The van der Waals surface area contributed by atoms with E-state index in [9.17, 15) is 4.79 Å². The molecule has 0 aliphatic rings. The van der Waals surface area contributed by atoms with E-state index in [0.29, 0.717) is 18.0 Å². The fourth-order valence-corrected chi connectivity index (χ4v) is 3.34. The van der Waals surface area contributed by atoms with Gasteiger partial charge in [-0.05, 0) is 25.1 Å². The number of rotatable bonds is 9. The number of benzene rings is 1. The maximum atomic E-state index is 11.0. The number of para-hydroxylation sites is 1. The number of carbonyl (C=O) groups is 1. The highest BCUT2D eigenvalue weighted by atomic mass is 32.1. The first-order valence-electron chi connectivity index (χ1n) is 7.69. The molecule has 1 N–H and O–H groups in total. The summed E-state index contributed by atoms with van der Waals surface area (Å²) in [5.74, 6) is 0.482. The average molecular weight is 350 g/mol. The van der Waals surface area contributed by atoms with Gasteiger partial charge in [-0.15, -0.1) is 11.3 Å². The lowest BCUT2D eigenvalue weighted by molar-refractivity contribution is -0.138. The Balaban J connectivity index is 2.23. The van der Waals surface area contributed by atoms with Crippen LogP contribution in [0.2, 0.25) is 0 Å². The monoisotopic (exact) mass is 350 g/mol. The maximum Gasteiger partial charge on any atom is 0.317 e. The Bertz CT molecular complexity index is 687. The summed E-state index contributed by atoms with van der Waals surface area (Å²) in [6.45, 7) is 3.29. The van der Waals surface area contributed by atoms with Gasteiger partial charge < -0.3 is 14.6 Å². The zero-order valence-electron chi connectivity index (χ0n) is 14.1. The third kappa shape index (κ3) is 4.46. The van der Waals surface area contributed by atoms with Gasteiger partial charge in [0.25, 0.3) is 0 Å². The predicted octanol–water partition coefficient (Wildman–Crippen LogP) is 3.12. The third-order valence-electron chi connectivity index (χ3n) is 3.47. The Morgan fingerprint density at radius 2 is 2.12 bits per heavy atom. The fourth-order valence-electron chi connectivity index (χ4n) is 2.51. The highest BCUT2D eigenvalue weighted by Crippen LogP contribution is 2.39. The first-order valence-corrected chi connectivity index (χ1v) is 8.56. The van der Waals surface area contributed by atoms with Crippen molar-refractivity contribution in [1.29, 1.82) is 0 Å². The summed E-state index contributed by atoms with van der Waals surface area (Å²) in [6, 6.07) is 5.67. The molecule has 1 aromatic heterocycles. The minimum atomic E-state index is -0.826. The van der Waals surface area contributed by atoms with Gasteiger partial charge in [-0.25, -0.2) is 4.98 Å². The first kappa shape index (κ1) is 18.2. The molecule has 24 heavy (non-hydrogen) atoms. The second kappa shape index (κ2) is 8.65. The van der Waals surface area contributed by atoms with Crippen LogP contribution in [0.25, 0.3) is 10.6 Å². The Morgan fingerprint density at radius 1 is 1.33 bits per heavy atom. The molecule has 6 nitrogen and oxygen atoms in total. The van der Waals surface area contributed by atoms with E-state index < -0.39 is 5.97 Å². The van der Waals surface area contributed by atoms with E-state index in [1.54, 1.807) is 14.2 Å². The van der Waals surface area contributed by atoms with E-state index in [2.05, 4.69) is 4.98 Å². The van der Waals surface area contributed by atoms with Crippen LogP contribution < -0.4 is 9.47 Å². The molecule has 0 saturated heterocycles. The number of methoxy groups -OCH3 is 2. The minimum absolute atomic E-state index is 0.0170. The molecule has 0 unspecified atom stereocenters. The molecule has 0 fully saturated rings. The zero-order chi connectivity index (χ0) is 17.5. The molecule has 0 aliphatic heterocycles. The molecule has 0 atom stereocenters. The van der Waals surface area contributed by atoms with Crippen molar-refractivity contribution >= 4 is 17.3 Å². The van der Waals surface area contributed by atoms with Gasteiger partial charge in [-0.3, -0.25) is 9.69 Å². The van der Waals surface area contributed by atoms with E-state index in [4.69, 9.17) is 14.6 Å². The summed E-state index contributed by atoms with van der Waals surface area (Å²) < 4.78 is 10.8. The SMILES string of the molecule is CCCN(CC(=O)O)Cc1csc(-c2cccc(OC)c2OC)n1. The summed E-state index contributed by atoms with van der Waals surface area (Å²) in [6.07, 6.45) is 0.897. The number of nitrogens with zero attached hydrogens (tertiary/aromatic N) is 2. The Hall–Kier alpha value is -2.12. The summed E-state index contributed by atoms with van der Waals surface area (Å²) >= 11 is 1.51. The number of aliphatic carboxylic acids is 1. The highest BCUT2D eigenvalue weighted by Gasteiger charge is 2.16. The van der Waals surface area contributed by atoms with Crippen molar-refractivity contribution in [1.82, 2.24) is 9.88 Å². The van der Waals surface area contributed by atoms with Crippen LogP contribution in [-0.2, 0) is 11.3 Å². The molecular weight excluding hydrogens is 328 g/mol. The molecule has 2 rings (SSSR count). The molecule has 7 heteroatoms. The normalized spacial score (nSPS) is 10.8. The van der Waals surface area contributed by atoms with Crippen LogP contribution in [0.1, 0.15) is 19.0 Å². The van der Waals surface area contributed by atoms with Crippen LogP contribution >= 0.6 is 11.3 Å². The summed E-state index contributed by atoms with van der Waals surface area (Å²) in [7, 11) is 3.20. The van der Waals surface area contributed by atoms with Gasteiger partial charge in [0.1, 0.15) is 5.01 Å². The van der Waals surface area contributed by atoms with Crippen LogP contribution in [0.3, 0.4) is 0 Å². The van der Waals surface area contributed by atoms with Crippen molar-refractivity contribution in [2.45, 2.75) is 19.9 Å². The highest BCUT2D eigenvalue weighted by molar-refractivity contribution is 7.13. The summed E-state index contributed by atoms with van der Waals surface area (Å²) in [4.78, 5) is 17.5. The second-order valence-corrected chi connectivity index (χ2v) is 6.15. The number of aromatic nitrogens is 1. The van der Waals surface area contributed by atoms with Gasteiger partial charge in [0.15, 0.2) is 11.5 Å². The molecule has 0 spiro atoms. The van der Waals surface area contributed by atoms with E-state index in [1.807, 2.05) is 35.4 Å². The number of hydrogen-bond donors (Lipinski definition) is 1. The van der Waals surface area contributed by atoms with E-state index in [0.717, 1.165) is 29.2 Å². The van der Waals surface area contributed by atoms with Crippen LogP contribution in [-0.4, -0.2) is 48.3 Å². The molecule has 0 bridgehead atoms. The maximum absolute atomic E-state index is 11.0. The van der Waals surface area contributed by atoms with Crippen molar-refractivity contribution < 1.29 is 19.4 Å². The number of carboxylic acid groups (broad SMARTS) is 1. The average Bonchev–Trinajstić information content (AvgIpc) is 3.01. The first-order chi connectivity index (χ1) is 11.6. The van der Waals surface area contributed by atoms with Crippen molar-refractivity contribution in [3.63, 3.8) is 0 Å². The van der Waals surface area contributed by atoms with Crippen molar-refractivity contribution in [2.75, 3.05) is 27.3 Å². The number of thiazole rings is 1. The summed E-state index contributed by atoms with van der Waals surface area (Å²) in [5.41, 5.74) is 1.72. The van der Waals surface area contributed by atoms with Crippen molar-refractivity contribution in [2.24, 2.45) is 0 Å². The third-order valence-corrected chi connectivity index (χ3v) is 4.39. The molecule has 1 aromatic carbocycles. The molecule has 0 radical (unpaired) electrons. The van der Waals surface area contributed by atoms with Gasteiger partial charge >= 0.3 is 5.97 Å². The van der Waals surface area contributed by atoms with Crippen LogP contribution in [0.15, 0.2) is 23.6 Å². The molecule has 0 amide bonds. The molecule has 1 heterocycles. The van der Waals surface area contributed by atoms with Crippen LogP contribution in [0, 0.1) is 0 Å². The number of carboxylic acids is 1.